The van der Waals surface area contributed by atoms with Gasteiger partial charge < -0.3 is 4.90 Å². The van der Waals surface area contributed by atoms with Crippen LogP contribution in [0.5, 0.6) is 0 Å². The summed E-state index contributed by atoms with van der Waals surface area (Å²) in [5.74, 6) is 0.161. The maximum atomic E-state index is 12.9. The molecule has 30 heavy (non-hydrogen) atoms. The lowest BCUT2D eigenvalue weighted by Gasteiger charge is -2.32. The summed E-state index contributed by atoms with van der Waals surface area (Å²) >= 11 is 1.10. The Bertz CT molecular complexity index is 1100. The van der Waals surface area contributed by atoms with Gasteiger partial charge >= 0.3 is 0 Å². The van der Waals surface area contributed by atoms with E-state index in [0.29, 0.717) is 19.0 Å². The summed E-state index contributed by atoms with van der Waals surface area (Å²) in [7, 11) is -3.73. The summed E-state index contributed by atoms with van der Waals surface area (Å²) in [4.78, 5) is 27.2. The number of thiazole rings is 1. The van der Waals surface area contributed by atoms with Crippen LogP contribution in [-0.4, -0.2) is 47.3 Å². The second-order valence-corrected chi connectivity index (χ2v) is 9.71. The van der Waals surface area contributed by atoms with Gasteiger partial charge in [0, 0.05) is 30.9 Å². The smallest absolute Gasteiger partial charge is 0.273 e. The number of rotatable bonds is 6. The number of amides is 1. The fourth-order valence-electron chi connectivity index (χ4n) is 3.54. The van der Waals surface area contributed by atoms with E-state index in [4.69, 9.17) is 0 Å². The van der Waals surface area contributed by atoms with Gasteiger partial charge in [0.2, 0.25) is 0 Å². The zero-order valence-corrected chi connectivity index (χ0v) is 17.8. The SMILES string of the molecule is O=C(c1csc(NS(=O)(=O)c2ccccc2)n1)N1CCCC(Cc2cncnc2)C1. The van der Waals surface area contributed by atoms with Crippen molar-refractivity contribution in [1.82, 2.24) is 19.9 Å². The van der Waals surface area contributed by atoms with E-state index in [0.717, 1.165) is 36.2 Å². The maximum absolute atomic E-state index is 12.9. The van der Waals surface area contributed by atoms with Gasteiger partial charge in [-0.05, 0) is 42.9 Å². The number of anilines is 1. The zero-order chi connectivity index (χ0) is 21.0. The molecule has 8 nitrogen and oxygen atoms in total. The van der Waals surface area contributed by atoms with Crippen molar-refractivity contribution in [2.75, 3.05) is 17.8 Å². The number of hydrogen-bond donors (Lipinski definition) is 1. The van der Waals surface area contributed by atoms with Gasteiger partial charge in [-0.25, -0.2) is 23.4 Å². The Morgan fingerprint density at radius 1 is 1.20 bits per heavy atom. The van der Waals surface area contributed by atoms with Crippen LogP contribution in [0.2, 0.25) is 0 Å². The molecule has 1 aliphatic rings. The minimum absolute atomic E-state index is 0.150. The Morgan fingerprint density at radius 3 is 2.73 bits per heavy atom. The number of likely N-dealkylation sites (tertiary alicyclic amines) is 1. The third kappa shape index (κ3) is 4.82. The molecular formula is C20H21N5O3S2. The van der Waals surface area contributed by atoms with E-state index in [1.807, 2.05) is 0 Å². The normalized spacial score (nSPS) is 16.9. The Morgan fingerprint density at radius 2 is 1.97 bits per heavy atom. The van der Waals surface area contributed by atoms with Crippen molar-refractivity contribution in [2.24, 2.45) is 5.92 Å². The summed E-state index contributed by atoms with van der Waals surface area (Å²) in [5.41, 5.74) is 1.32. The van der Waals surface area contributed by atoms with Gasteiger partial charge in [0.05, 0.1) is 4.90 Å². The van der Waals surface area contributed by atoms with E-state index in [9.17, 15) is 13.2 Å². The third-order valence-corrected chi connectivity index (χ3v) is 7.18. The average Bonchev–Trinajstić information content (AvgIpc) is 3.22. The monoisotopic (exact) mass is 443 g/mol. The Hall–Kier alpha value is -2.85. The van der Waals surface area contributed by atoms with E-state index in [2.05, 4.69) is 19.7 Å². The predicted octanol–water partition coefficient (Wildman–Crippen LogP) is 2.83. The average molecular weight is 444 g/mol. The fraction of sp³-hybridized carbons (Fsp3) is 0.300. The van der Waals surface area contributed by atoms with E-state index < -0.39 is 10.0 Å². The van der Waals surface area contributed by atoms with Crippen LogP contribution in [-0.2, 0) is 16.4 Å². The molecule has 1 aromatic carbocycles. The number of sulfonamides is 1. The Balaban J connectivity index is 1.41. The van der Waals surface area contributed by atoms with Gasteiger partial charge in [-0.15, -0.1) is 11.3 Å². The van der Waals surface area contributed by atoms with Gasteiger partial charge in [-0.2, -0.15) is 0 Å². The van der Waals surface area contributed by atoms with Crippen molar-refractivity contribution in [2.45, 2.75) is 24.2 Å². The van der Waals surface area contributed by atoms with Crippen LogP contribution in [0.3, 0.4) is 0 Å². The van der Waals surface area contributed by atoms with E-state index in [-0.39, 0.29) is 21.6 Å². The van der Waals surface area contributed by atoms with Gasteiger partial charge in [0.25, 0.3) is 15.9 Å². The Labute approximate surface area is 179 Å². The second-order valence-electron chi connectivity index (χ2n) is 7.17. The highest BCUT2D eigenvalue weighted by atomic mass is 32.2. The van der Waals surface area contributed by atoms with Crippen molar-refractivity contribution in [3.8, 4) is 0 Å². The minimum atomic E-state index is -3.73. The summed E-state index contributed by atoms with van der Waals surface area (Å²) in [5, 5.41) is 1.78. The molecule has 156 valence electrons. The second kappa shape index (κ2) is 8.88. The molecule has 1 N–H and O–H groups in total. The van der Waals surface area contributed by atoms with Crippen LogP contribution in [0.1, 0.15) is 28.9 Å². The third-order valence-electron chi connectivity index (χ3n) is 4.94. The molecule has 1 saturated heterocycles. The zero-order valence-electron chi connectivity index (χ0n) is 16.1. The summed E-state index contributed by atoms with van der Waals surface area (Å²) < 4.78 is 27.3. The largest absolute Gasteiger partial charge is 0.337 e. The van der Waals surface area contributed by atoms with Crippen molar-refractivity contribution in [3.05, 3.63) is 65.7 Å². The van der Waals surface area contributed by atoms with Gasteiger partial charge in [0.15, 0.2) is 5.13 Å². The maximum Gasteiger partial charge on any atom is 0.273 e. The first-order valence-electron chi connectivity index (χ1n) is 9.58. The molecule has 3 aromatic rings. The topological polar surface area (TPSA) is 105 Å². The molecule has 4 rings (SSSR count). The number of carbonyl (C=O) groups excluding carboxylic acids is 1. The number of aromatic nitrogens is 3. The number of nitrogens with one attached hydrogen (secondary N) is 1. The predicted molar refractivity (Wildman–Crippen MR) is 114 cm³/mol. The van der Waals surface area contributed by atoms with Gasteiger partial charge in [-0.3, -0.25) is 9.52 Å². The van der Waals surface area contributed by atoms with Crippen LogP contribution in [0.4, 0.5) is 5.13 Å². The molecule has 1 atom stereocenters. The molecule has 0 saturated carbocycles. The van der Waals surface area contributed by atoms with Crippen molar-refractivity contribution in [3.63, 3.8) is 0 Å². The summed E-state index contributed by atoms with van der Waals surface area (Å²) in [6, 6.07) is 8.07. The van der Waals surface area contributed by atoms with E-state index in [1.54, 1.807) is 40.9 Å². The molecule has 0 bridgehead atoms. The quantitative estimate of drug-likeness (QED) is 0.628. The Kier molecular flexibility index (Phi) is 6.05. The number of piperidine rings is 1. The summed E-state index contributed by atoms with van der Waals surface area (Å²) in [6.07, 6.45) is 7.90. The standard InChI is InChI=1S/C20H21N5O3S2/c26-19(25-8-4-5-15(12-25)9-16-10-21-14-22-11-16)18-13-29-20(23-18)24-30(27,28)17-6-2-1-3-7-17/h1-3,6-7,10-11,13-15H,4-5,8-9,12H2,(H,23,24). The molecule has 0 spiro atoms. The van der Waals surface area contributed by atoms with Gasteiger partial charge in [-0.1, -0.05) is 18.2 Å². The highest BCUT2D eigenvalue weighted by Crippen LogP contribution is 2.24. The lowest BCUT2D eigenvalue weighted by molar-refractivity contribution is 0.0668. The first-order valence-corrected chi connectivity index (χ1v) is 11.9. The number of carbonyl (C=O) groups is 1. The molecule has 1 aliphatic heterocycles. The molecular weight excluding hydrogens is 422 g/mol. The number of hydrogen-bond acceptors (Lipinski definition) is 7. The van der Waals surface area contributed by atoms with Crippen LogP contribution >= 0.6 is 11.3 Å². The first-order chi connectivity index (χ1) is 14.5. The highest BCUT2D eigenvalue weighted by molar-refractivity contribution is 7.93. The van der Waals surface area contributed by atoms with Crippen molar-refractivity contribution < 1.29 is 13.2 Å². The first kappa shape index (κ1) is 20.4. The lowest BCUT2D eigenvalue weighted by Crippen LogP contribution is -2.40. The molecule has 1 amide bonds. The van der Waals surface area contributed by atoms with Crippen LogP contribution in [0.15, 0.2) is 59.3 Å². The summed E-state index contributed by atoms with van der Waals surface area (Å²) in [6.45, 7) is 1.31. The van der Waals surface area contributed by atoms with Crippen LogP contribution in [0, 0.1) is 5.92 Å². The highest BCUT2D eigenvalue weighted by Gasteiger charge is 2.26. The van der Waals surface area contributed by atoms with Crippen molar-refractivity contribution >= 4 is 32.4 Å². The number of nitrogens with zero attached hydrogens (tertiary/aromatic N) is 4. The van der Waals surface area contributed by atoms with Crippen molar-refractivity contribution in [1.29, 1.82) is 0 Å². The van der Waals surface area contributed by atoms with E-state index >= 15 is 0 Å². The molecule has 0 radical (unpaired) electrons. The molecule has 0 aliphatic carbocycles. The number of benzene rings is 1. The molecule has 10 heteroatoms. The molecule has 1 unspecified atom stereocenters. The van der Waals surface area contributed by atoms with Gasteiger partial charge in [0.1, 0.15) is 12.0 Å². The molecule has 3 heterocycles. The van der Waals surface area contributed by atoms with E-state index in [1.165, 1.54) is 18.5 Å². The fourth-order valence-corrected chi connectivity index (χ4v) is 5.50. The molecule has 1 fully saturated rings. The van der Waals surface area contributed by atoms with Crippen LogP contribution in [0.25, 0.3) is 0 Å². The molecule has 2 aromatic heterocycles. The lowest BCUT2D eigenvalue weighted by atomic mass is 9.92. The minimum Gasteiger partial charge on any atom is -0.337 e. The van der Waals surface area contributed by atoms with Crippen LogP contribution < -0.4 is 4.72 Å².